The zero-order valence-electron chi connectivity index (χ0n) is 13.1. The lowest BCUT2D eigenvalue weighted by Crippen LogP contribution is -1.98. The summed E-state index contributed by atoms with van der Waals surface area (Å²) in [6, 6.07) is 36.5. The van der Waals surface area contributed by atoms with Gasteiger partial charge in [-0.1, -0.05) is 91.0 Å². The molecule has 4 aromatic rings. The molecule has 1 aliphatic carbocycles. The van der Waals surface area contributed by atoms with Gasteiger partial charge >= 0.3 is 0 Å². The van der Waals surface area contributed by atoms with Gasteiger partial charge in [0.25, 0.3) is 0 Å². The van der Waals surface area contributed by atoms with E-state index in [4.69, 9.17) is 0 Å². The Morgan fingerprint density at radius 1 is 0.458 bits per heavy atom. The summed E-state index contributed by atoms with van der Waals surface area (Å²) < 4.78 is 0. The molecule has 0 N–H and O–H groups in total. The van der Waals surface area contributed by atoms with Crippen molar-refractivity contribution in [3.63, 3.8) is 0 Å². The van der Waals surface area contributed by atoms with Crippen LogP contribution in [0.5, 0.6) is 0 Å². The molecular weight excluding hydrogens is 288 g/mol. The van der Waals surface area contributed by atoms with Gasteiger partial charge < -0.3 is 0 Å². The fourth-order valence-electron chi connectivity index (χ4n) is 3.47. The van der Waals surface area contributed by atoms with Crippen LogP contribution in [0.3, 0.4) is 0 Å². The molecule has 110 valence electrons. The third-order valence-corrected chi connectivity index (χ3v) is 4.67. The molecular formula is C24H14. The van der Waals surface area contributed by atoms with E-state index in [0.29, 0.717) is 0 Å². The van der Waals surface area contributed by atoms with Crippen molar-refractivity contribution in [2.75, 3.05) is 0 Å². The second-order valence-corrected chi connectivity index (χ2v) is 6.05. The molecule has 0 spiro atoms. The fraction of sp³-hybridized carbons (Fsp3) is 0. The minimum atomic E-state index is 1.07. The molecule has 0 radical (unpaired) electrons. The molecule has 0 saturated carbocycles. The highest BCUT2D eigenvalue weighted by molar-refractivity contribution is 6.14. The molecule has 4 aromatic carbocycles. The van der Waals surface area contributed by atoms with E-state index in [1.54, 1.807) is 0 Å². The highest BCUT2D eigenvalue weighted by Crippen LogP contribution is 2.49. The molecule has 0 atom stereocenters. The normalized spacial score (nSPS) is 11.0. The van der Waals surface area contributed by atoms with Crippen molar-refractivity contribution in [2.24, 2.45) is 0 Å². The number of rotatable bonds is 0. The van der Waals surface area contributed by atoms with Crippen LogP contribution in [0.15, 0.2) is 84.9 Å². The molecule has 0 heteroatoms. The van der Waals surface area contributed by atoms with Gasteiger partial charge in [0.2, 0.25) is 0 Å². The maximum absolute atomic E-state index is 3.46. The second kappa shape index (κ2) is 5.11. The first kappa shape index (κ1) is 13.2. The van der Waals surface area contributed by atoms with Gasteiger partial charge in [0.05, 0.1) is 0 Å². The van der Waals surface area contributed by atoms with Crippen LogP contribution in [0, 0.1) is 12.1 Å². The average Bonchev–Trinajstić information content (AvgIpc) is 2.62. The van der Waals surface area contributed by atoms with Gasteiger partial charge in [-0.2, -0.15) is 0 Å². The first-order valence-corrected chi connectivity index (χ1v) is 8.14. The Morgan fingerprint density at radius 3 is 1.96 bits per heavy atom. The second-order valence-electron chi connectivity index (χ2n) is 6.05. The molecule has 0 aliphatic heterocycles. The molecule has 0 fully saturated rings. The zero-order chi connectivity index (χ0) is 15.9. The molecule has 0 unspecified atom stereocenters. The molecule has 0 heterocycles. The predicted molar refractivity (Wildman–Crippen MR) is 101 cm³/mol. The van der Waals surface area contributed by atoms with E-state index < -0.39 is 0 Å². The smallest absolute Gasteiger partial charge is 0.0406 e. The van der Waals surface area contributed by atoms with Crippen LogP contribution < -0.4 is 0 Å². The maximum Gasteiger partial charge on any atom is 0.0406 e. The van der Waals surface area contributed by atoms with E-state index in [0.717, 1.165) is 16.2 Å². The monoisotopic (exact) mass is 302 g/mol. The van der Waals surface area contributed by atoms with Gasteiger partial charge in [0.1, 0.15) is 0 Å². The van der Waals surface area contributed by atoms with Gasteiger partial charge in [-0.05, 0) is 33.5 Å². The fourth-order valence-corrected chi connectivity index (χ4v) is 3.47. The SMILES string of the molecule is c1c2ccccc2ccccc2ccc3c(c2c#1)-c1ccccc1-3. The van der Waals surface area contributed by atoms with Crippen molar-refractivity contribution in [3.05, 3.63) is 97.1 Å². The van der Waals surface area contributed by atoms with Gasteiger partial charge in [0.15, 0.2) is 0 Å². The Kier molecular flexibility index (Phi) is 2.81. The van der Waals surface area contributed by atoms with E-state index in [2.05, 4.69) is 91.0 Å². The first-order valence-electron chi connectivity index (χ1n) is 8.14. The van der Waals surface area contributed by atoms with Crippen molar-refractivity contribution in [1.82, 2.24) is 0 Å². The summed E-state index contributed by atoms with van der Waals surface area (Å²) in [7, 11) is 0. The standard InChI is InChI=1S/C24H14/c1-2-9-18-13-15-20-19(10-4-3-8-17(18)7-1)14-16-23-21-11-5-6-12-22(21)24(20)23/h1-12,14,16H. The van der Waals surface area contributed by atoms with Crippen LogP contribution in [0.4, 0.5) is 0 Å². The van der Waals surface area contributed by atoms with Crippen LogP contribution in [-0.4, -0.2) is 0 Å². The molecule has 0 bridgehead atoms. The summed E-state index contributed by atoms with van der Waals surface area (Å²) in [4.78, 5) is 0. The highest BCUT2D eigenvalue weighted by atomic mass is 14.2. The summed E-state index contributed by atoms with van der Waals surface area (Å²) >= 11 is 0. The van der Waals surface area contributed by atoms with Crippen molar-refractivity contribution in [2.45, 2.75) is 0 Å². The molecule has 24 heavy (non-hydrogen) atoms. The lowest BCUT2D eigenvalue weighted by atomic mass is 9.78. The van der Waals surface area contributed by atoms with E-state index in [9.17, 15) is 0 Å². The third-order valence-electron chi connectivity index (χ3n) is 4.67. The Morgan fingerprint density at radius 2 is 1.12 bits per heavy atom. The summed E-state index contributed by atoms with van der Waals surface area (Å²) in [6.45, 7) is 0. The number of benzene rings is 3. The predicted octanol–water partition coefficient (Wildman–Crippen LogP) is 6.37. The number of hydrogen-bond donors (Lipinski definition) is 0. The number of hydrogen-bond acceptors (Lipinski definition) is 0. The van der Waals surface area contributed by atoms with Crippen LogP contribution >= 0.6 is 0 Å². The topological polar surface area (TPSA) is 0 Å². The van der Waals surface area contributed by atoms with Crippen molar-refractivity contribution in [3.8, 4) is 22.3 Å². The van der Waals surface area contributed by atoms with E-state index >= 15 is 0 Å². The molecule has 5 rings (SSSR count). The van der Waals surface area contributed by atoms with E-state index in [1.807, 2.05) is 6.07 Å². The molecule has 0 saturated heterocycles. The van der Waals surface area contributed by atoms with Crippen molar-refractivity contribution < 1.29 is 0 Å². The molecule has 0 nitrogen and oxygen atoms in total. The van der Waals surface area contributed by atoms with Crippen LogP contribution in [0.2, 0.25) is 0 Å². The van der Waals surface area contributed by atoms with Gasteiger partial charge in [-0.15, -0.1) is 0 Å². The quantitative estimate of drug-likeness (QED) is 0.312. The summed E-state index contributed by atoms with van der Waals surface area (Å²) in [5, 5.41) is 4.54. The van der Waals surface area contributed by atoms with Crippen LogP contribution in [0.25, 0.3) is 43.8 Å². The Labute approximate surface area is 141 Å². The van der Waals surface area contributed by atoms with Gasteiger partial charge in [0, 0.05) is 16.3 Å². The lowest BCUT2D eigenvalue weighted by molar-refractivity contribution is 1.56. The van der Waals surface area contributed by atoms with Crippen LogP contribution in [0.1, 0.15) is 0 Å². The van der Waals surface area contributed by atoms with Gasteiger partial charge in [-0.25, -0.2) is 0 Å². The van der Waals surface area contributed by atoms with Crippen molar-refractivity contribution in [1.29, 1.82) is 0 Å². The van der Waals surface area contributed by atoms with Gasteiger partial charge in [-0.3, -0.25) is 0 Å². The Bertz CT molecular complexity index is 1150. The third kappa shape index (κ3) is 1.89. The summed E-state index contributed by atoms with van der Waals surface area (Å²) in [6.07, 6.45) is 0. The van der Waals surface area contributed by atoms with Crippen molar-refractivity contribution >= 4 is 21.5 Å². The minimum absolute atomic E-state index is 1.07. The highest BCUT2D eigenvalue weighted by Gasteiger charge is 2.23. The largest absolute Gasteiger partial charge is 0.0616 e. The number of fused-ring (bicyclic) bond motifs is 7. The van der Waals surface area contributed by atoms with E-state index in [-0.39, 0.29) is 0 Å². The maximum atomic E-state index is 3.46. The molecule has 0 aromatic heterocycles. The Hall–Kier alpha value is -3.30. The summed E-state index contributed by atoms with van der Waals surface area (Å²) in [5.41, 5.74) is 5.25. The average molecular weight is 302 g/mol. The Balaban J connectivity index is 1.90. The van der Waals surface area contributed by atoms with E-state index in [1.165, 1.54) is 27.6 Å². The lowest BCUT2D eigenvalue weighted by Gasteiger charge is -2.24. The van der Waals surface area contributed by atoms with Crippen LogP contribution in [-0.2, 0) is 0 Å². The molecule has 0 amide bonds. The zero-order valence-corrected chi connectivity index (χ0v) is 13.1. The minimum Gasteiger partial charge on any atom is -0.0616 e. The summed E-state index contributed by atoms with van der Waals surface area (Å²) in [5.74, 6) is 0. The first-order chi connectivity index (χ1) is 11.9. The molecule has 1 aliphatic rings.